The van der Waals surface area contributed by atoms with Crippen LogP contribution in [0.3, 0.4) is 0 Å². The molecule has 1 aromatic heterocycles. The Labute approximate surface area is 127 Å². The van der Waals surface area contributed by atoms with Gasteiger partial charge in [0.2, 0.25) is 11.8 Å². The van der Waals surface area contributed by atoms with Crippen LogP contribution in [-0.2, 0) is 9.59 Å². The molecule has 1 fully saturated rings. The van der Waals surface area contributed by atoms with Crippen molar-refractivity contribution in [3.05, 3.63) is 11.6 Å². The van der Waals surface area contributed by atoms with Gasteiger partial charge in [-0.3, -0.25) is 9.59 Å². The number of aromatic nitrogens is 1. The predicted octanol–water partition coefficient (Wildman–Crippen LogP) is 1.39. The molecule has 1 saturated heterocycles. The summed E-state index contributed by atoms with van der Waals surface area (Å²) in [6.45, 7) is -0.966. The molecule has 0 aliphatic carbocycles. The molecule has 1 aliphatic rings. The van der Waals surface area contributed by atoms with Crippen molar-refractivity contribution in [1.29, 1.82) is 0 Å². The summed E-state index contributed by atoms with van der Waals surface area (Å²) in [7, 11) is 0. The third-order valence-corrected chi connectivity index (χ3v) is 4.06. The zero-order chi connectivity index (χ0) is 16.4. The molecule has 0 aromatic carbocycles. The highest BCUT2D eigenvalue weighted by molar-refractivity contribution is 7.13. The van der Waals surface area contributed by atoms with Crippen molar-refractivity contribution >= 4 is 28.3 Å². The van der Waals surface area contributed by atoms with Crippen molar-refractivity contribution in [3.63, 3.8) is 0 Å². The minimum absolute atomic E-state index is 0.153. The van der Waals surface area contributed by atoms with Crippen LogP contribution in [0.4, 0.5) is 18.3 Å². The van der Waals surface area contributed by atoms with Gasteiger partial charge in [-0.15, -0.1) is 11.3 Å². The molecule has 10 heteroatoms. The van der Waals surface area contributed by atoms with Crippen LogP contribution in [0.1, 0.15) is 19.3 Å². The van der Waals surface area contributed by atoms with Crippen LogP contribution in [0.15, 0.2) is 11.6 Å². The number of β-amino-alcohol motifs (C(OH)–C–C–N with tert-alkyl or cyclic N) is 1. The van der Waals surface area contributed by atoms with Gasteiger partial charge in [-0.2, -0.15) is 13.2 Å². The number of carbonyl (C=O) groups excluding carboxylic acids is 2. The molecule has 2 rings (SSSR count). The van der Waals surface area contributed by atoms with Crippen molar-refractivity contribution < 1.29 is 27.9 Å². The molecule has 6 nitrogen and oxygen atoms in total. The first-order valence-electron chi connectivity index (χ1n) is 6.47. The van der Waals surface area contributed by atoms with Crippen LogP contribution >= 0.6 is 11.3 Å². The zero-order valence-electron chi connectivity index (χ0n) is 11.4. The number of rotatable bonds is 4. The lowest BCUT2D eigenvalue weighted by Gasteiger charge is -2.25. The zero-order valence-corrected chi connectivity index (χ0v) is 12.2. The SMILES string of the molecule is O=C(CCC(=O)N1CCC(O)(C(F)(F)F)C1)Nc1nccs1. The maximum Gasteiger partial charge on any atom is 0.419 e. The minimum atomic E-state index is -4.77. The topological polar surface area (TPSA) is 82.5 Å². The number of likely N-dealkylation sites (tertiary alicyclic amines) is 1. The summed E-state index contributed by atoms with van der Waals surface area (Å²) in [5, 5.41) is 14.0. The quantitative estimate of drug-likeness (QED) is 0.870. The van der Waals surface area contributed by atoms with Crippen molar-refractivity contribution in [2.24, 2.45) is 0 Å². The number of nitrogens with one attached hydrogen (secondary N) is 1. The summed E-state index contributed by atoms with van der Waals surface area (Å²) in [5.74, 6) is -1.02. The maximum absolute atomic E-state index is 12.6. The number of aliphatic hydroxyl groups is 1. The first-order chi connectivity index (χ1) is 10.2. The van der Waals surface area contributed by atoms with E-state index in [2.05, 4.69) is 10.3 Å². The monoisotopic (exact) mass is 337 g/mol. The van der Waals surface area contributed by atoms with E-state index in [1.807, 2.05) is 0 Å². The van der Waals surface area contributed by atoms with Crippen molar-refractivity contribution in [2.45, 2.75) is 31.0 Å². The molecule has 2 heterocycles. The van der Waals surface area contributed by atoms with Crippen molar-refractivity contribution in [2.75, 3.05) is 18.4 Å². The lowest BCUT2D eigenvalue weighted by atomic mass is 10.0. The van der Waals surface area contributed by atoms with Gasteiger partial charge in [0, 0.05) is 37.4 Å². The summed E-state index contributed by atoms with van der Waals surface area (Å²) in [5.41, 5.74) is -2.86. The second kappa shape index (κ2) is 6.21. The normalized spacial score (nSPS) is 21.9. The highest BCUT2D eigenvalue weighted by Crippen LogP contribution is 2.37. The van der Waals surface area contributed by atoms with Crippen molar-refractivity contribution in [1.82, 2.24) is 9.88 Å². The van der Waals surface area contributed by atoms with E-state index in [4.69, 9.17) is 0 Å². The molecule has 0 bridgehead atoms. The Morgan fingerprint density at radius 2 is 2.18 bits per heavy atom. The number of halogens is 3. The van der Waals surface area contributed by atoms with Gasteiger partial charge in [-0.05, 0) is 0 Å². The maximum atomic E-state index is 12.6. The number of anilines is 1. The summed E-state index contributed by atoms with van der Waals surface area (Å²) in [4.78, 5) is 28.2. The van der Waals surface area contributed by atoms with E-state index in [1.165, 1.54) is 17.5 Å². The molecule has 2 N–H and O–H groups in total. The van der Waals surface area contributed by atoms with Crippen LogP contribution in [0, 0.1) is 0 Å². The summed E-state index contributed by atoms with van der Waals surface area (Å²) in [6, 6.07) is 0. The molecule has 0 radical (unpaired) electrons. The number of hydrogen-bond acceptors (Lipinski definition) is 5. The lowest BCUT2D eigenvalue weighted by molar-refractivity contribution is -0.253. The van der Waals surface area contributed by atoms with E-state index in [1.54, 1.807) is 5.38 Å². The van der Waals surface area contributed by atoms with E-state index in [0.29, 0.717) is 5.13 Å². The molecule has 1 atom stereocenters. The fourth-order valence-electron chi connectivity index (χ4n) is 2.08. The van der Waals surface area contributed by atoms with Gasteiger partial charge in [-0.1, -0.05) is 0 Å². The third-order valence-electron chi connectivity index (χ3n) is 3.37. The molecular formula is C12H14F3N3O3S. The summed E-state index contributed by atoms with van der Waals surface area (Å²) >= 11 is 1.22. The number of alkyl halides is 3. The highest BCUT2D eigenvalue weighted by atomic mass is 32.1. The molecule has 0 spiro atoms. The standard InChI is InChI=1S/C12H14F3N3O3S/c13-12(14,15)11(21)3-5-18(7-11)9(20)2-1-8(19)17-10-16-4-6-22-10/h4,6,21H,1-3,5,7H2,(H,16,17,19). The molecule has 2 amide bonds. The predicted molar refractivity (Wildman–Crippen MR) is 72.2 cm³/mol. The Hall–Kier alpha value is -1.68. The molecule has 122 valence electrons. The second-order valence-corrected chi connectivity index (χ2v) is 5.87. The molecule has 1 aromatic rings. The van der Waals surface area contributed by atoms with Gasteiger partial charge >= 0.3 is 6.18 Å². The molecular weight excluding hydrogens is 323 g/mol. The Morgan fingerprint density at radius 3 is 2.73 bits per heavy atom. The minimum Gasteiger partial charge on any atom is -0.379 e. The highest BCUT2D eigenvalue weighted by Gasteiger charge is 2.57. The van der Waals surface area contributed by atoms with Gasteiger partial charge < -0.3 is 15.3 Å². The molecule has 0 saturated carbocycles. The first kappa shape index (κ1) is 16.7. The molecule has 1 unspecified atom stereocenters. The van der Waals surface area contributed by atoms with Crippen LogP contribution in [-0.4, -0.2) is 51.7 Å². The number of carbonyl (C=O) groups is 2. The number of hydrogen-bond donors (Lipinski definition) is 2. The summed E-state index contributed by atoms with van der Waals surface area (Å²) < 4.78 is 37.9. The van der Waals surface area contributed by atoms with Crippen molar-refractivity contribution in [3.8, 4) is 0 Å². The Bertz CT molecular complexity index is 550. The third kappa shape index (κ3) is 3.74. The van der Waals surface area contributed by atoms with Gasteiger partial charge in [0.05, 0.1) is 6.54 Å². The molecule has 22 heavy (non-hydrogen) atoms. The number of nitrogens with zero attached hydrogens (tertiary/aromatic N) is 2. The lowest BCUT2D eigenvalue weighted by Crippen LogP contribution is -2.48. The second-order valence-electron chi connectivity index (χ2n) is 4.98. The van der Waals surface area contributed by atoms with Crippen LogP contribution in [0.5, 0.6) is 0 Å². The fourth-order valence-corrected chi connectivity index (χ4v) is 2.63. The Balaban J connectivity index is 1.80. The van der Waals surface area contributed by atoms with Crippen LogP contribution < -0.4 is 5.32 Å². The van der Waals surface area contributed by atoms with Gasteiger partial charge in [-0.25, -0.2) is 4.98 Å². The van der Waals surface area contributed by atoms with Gasteiger partial charge in [0.25, 0.3) is 0 Å². The molecule has 1 aliphatic heterocycles. The van der Waals surface area contributed by atoms with Crippen LogP contribution in [0.25, 0.3) is 0 Å². The average molecular weight is 337 g/mol. The fraction of sp³-hybridized carbons (Fsp3) is 0.583. The first-order valence-corrected chi connectivity index (χ1v) is 7.35. The Kier molecular flexibility index (Phi) is 4.71. The van der Waals surface area contributed by atoms with E-state index in [9.17, 15) is 27.9 Å². The van der Waals surface area contributed by atoms with Crippen LogP contribution in [0.2, 0.25) is 0 Å². The van der Waals surface area contributed by atoms with Gasteiger partial charge in [0.15, 0.2) is 10.7 Å². The Morgan fingerprint density at radius 1 is 1.45 bits per heavy atom. The number of thiazole rings is 1. The van der Waals surface area contributed by atoms with E-state index in [0.717, 1.165) is 4.90 Å². The summed E-state index contributed by atoms with van der Waals surface area (Å²) in [6.07, 6.45) is -4.18. The van der Waals surface area contributed by atoms with E-state index >= 15 is 0 Å². The smallest absolute Gasteiger partial charge is 0.379 e. The van der Waals surface area contributed by atoms with E-state index in [-0.39, 0.29) is 19.4 Å². The largest absolute Gasteiger partial charge is 0.419 e. The van der Waals surface area contributed by atoms with Gasteiger partial charge in [0.1, 0.15) is 0 Å². The average Bonchev–Trinajstić information content (AvgIpc) is 3.05. The number of amides is 2. The van der Waals surface area contributed by atoms with E-state index < -0.39 is 36.6 Å².